The third kappa shape index (κ3) is 1.57. The Kier molecular flexibility index (Phi) is 2.69. The molecule has 0 N–H and O–H groups in total. The number of hydrogen-bond acceptors (Lipinski definition) is 4. The second-order valence-corrected chi connectivity index (χ2v) is 5.20. The molecule has 3 nitrogen and oxygen atoms in total. The van der Waals surface area contributed by atoms with Crippen LogP contribution in [0.3, 0.4) is 0 Å². The summed E-state index contributed by atoms with van der Waals surface area (Å²) in [6, 6.07) is 2.47. The third-order valence-corrected chi connectivity index (χ3v) is 4.31. The fraction of sp³-hybridized carbons (Fsp3) is 0.455. The highest BCUT2D eigenvalue weighted by molar-refractivity contribution is 7.17. The summed E-state index contributed by atoms with van der Waals surface area (Å²) in [5, 5.41) is 2.06. The van der Waals surface area contributed by atoms with Crippen molar-refractivity contribution < 1.29 is 0 Å². The minimum atomic E-state index is 0.432. The van der Waals surface area contributed by atoms with Crippen molar-refractivity contribution in [1.29, 1.82) is 0 Å². The lowest BCUT2D eigenvalue weighted by atomic mass is 10.2. The molecule has 84 valence electrons. The lowest BCUT2D eigenvalue weighted by Crippen LogP contribution is -2.31. The molecule has 1 fully saturated rings. The van der Waals surface area contributed by atoms with E-state index in [2.05, 4.69) is 20.2 Å². The molecule has 1 atom stereocenters. The Morgan fingerprint density at radius 1 is 1.50 bits per heavy atom. The maximum absolute atomic E-state index is 6.00. The lowest BCUT2D eigenvalue weighted by molar-refractivity contribution is 0.735. The van der Waals surface area contributed by atoms with Gasteiger partial charge in [-0.1, -0.05) is 0 Å². The van der Waals surface area contributed by atoms with Gasteiger partial charge in [-0.05, 0) is 24.3 Å². The topological polar surface area (TPSA) is 29.0 Å². The zero-order chi connectivity index (χ0) is 11.0. The molecule has 16 heavy (non-hydrogen) atoms. The standard InChI is InChI=1S/C11H12ClN3S/c12-6-8-2-1-4-15(8)11-10-9(3-5-16-10)13-7-14-11/h3,5,7-8H,1-2,4,6H2. The van der Waals surface area contributed by atoms with Gasteiger partial charge in [-0.2, -0.15) is 0 Å². The number of hydrogen-bond donors (Lipinski definition) is 0. The van der Waals surface area contributed by atoms with Gasteiger partial charge in [0.15, 0.2) is 0 Å². The molecule has 1 aliphatic rings. The van der Waals surface area contributed by atoms with Crippen LogP contribution in [0.5, 0.6) is 0 Å². The van der Waals surface area contributed by atoms with Crippen molar-refractivity contribution in [2.24, 2.45) is 0 Å². The van der Waals surface area contributed by atoms with Gasteiger partial charge >= 0.3 is 0 Å². The zero-order valence-corrected chi connectivity index (χ0v) is 10.3. The fourth-order valence-corrected chi connectivity index (χ4v) is 3.43. The Hall–Kier alpha value is -0.870. The number of alkyl halides is 1. The molecule has 0 aromatic carbocycles. The van der Waals surface area contributed by atoms with Crippen molar-refractivity contribution in [3.8, 4) is 0 Å². The van der Waals surface area contributed by atoms with E-state index in [0.29, 0.717) is 11.9 Å². The van der Waals surface area contributed by atoms with Crippen LogP contribution in [0.2, 0.25) is 0 Å². The summed E-state index contributed by atoms with van der Waals surface area (Å²) in [7, 11) is 0. The van der Waals surface area contributed by atoms with Gasteiger partial charge in [0, 0.05) is 18.5 Å². The molecule has 3 rings (SSSR count). The van der Waals surface area contributed by atoms with Crippen LogP contribution in [-0.4, -0.2) is 28.4 Å². The number of halogens is 1. The molecule has 1 saturated heterocycles. The van der Waals surface area contributed by atoms with Gasteiger partial charge in [0.25, 0.3) is 0 Å². The highest BCUT2D eigenvalue weighted by atomic mass is 35.5. The molecule has 3 heterocycles. The second kappa shape index (κ2) is 4.18. The maximum atomic E-state index is 6.00. The van der Waals surface area contributed by atoms with Gasteiger partial charge in [0.1, 0.15) is 12.1 Å². The van der Waals surface area contributed by atoms with E-state index in [-0.39, 0.29) is 0 Å². The molecule has 0 amide bonds. The quantitative estimate of drug-likeness (QED) is 0.771. The average molecular weight is 254 g/mol. The Bertz CT molecular complexity index is 499. The van der Waals surface area contributed by atoms with Crippen LogP contribution in [0, 0.1) is 0 Å². The number of nitrogens with zero attached hydrogens (tertiary/aromatic N) is 3. The maximum Gasteiger partial charge on any atom is 0.150 e. The third-order valence-electron chi connectivity index (χ3n) is 3.05. The molecule has 2 aromatic rings. The number of aromatic nitrogens is 2. The first kappa shape index (κ1) is 10.3. The summed E-state index contributed by atoms with van der Waals surface area (Å²) in [6.07, 6.45) is 4.02. The normalized spacial score (nSPS) is 20.8. The first-order valence-electron chi connectivity index (χ1n) is 5.41. The summed E-state index contributed by atoms with van der Waals surface area (Å²) in [6.45, 7) is 1.06. The highest BCUT2D eigenvalue weighted by Gasteiger charge is 2.26. The summed E-state index contributed by atoms with van der Waals surface area (Å²) >= 11 is 7.70. The molecule has 0 radical (unpaired) electrons. The minimum Gasteiger partial charge on any atom is -0.351 e. The second-order valence-electron chi connectivity index (χ2n) is 3.98. The van der Waals surface area contributed by atoms with E-state index in [4.69, 9.17) is 11.6 Å². The van der Waals surface area contributed by atoms with Crippen molar-refractivity contribution in [3.63, 3.8) is 0 Å². The van der Waals surface area contributed by atoms with Crippen LogP contribution in [-0.2, 0) is 0 Å². The fourth-order valence-electron chi connectivity index (χ4n) is 2.26. The summed E-state index contributed by atoms with van der Waals surface area (Å²) in [5.74, 6) is 1.74. The molecule has 0 bridgehead atoms. The number of anilines is 1. The van der Waals surface area contributed by atoms with Crippen LogP contribution in [0.25, 0.3) is 10.2 Å². The van der Waals surface area contributed by atoms with Crippen molar-refractivity contribution in [1.82, 2.24) is 9.97 Å². The van der Waals surface area contributed by atoms with Gasteiger partial charge in [-0.25, -0.2) is 9.97 Å². The zero-order valence-electron chi connectivity index (χ0n) is 8.77. The Morgan fingerprint density at radius 3 is 3.31 bits per heavy atom. The van der Waals surface area contributed by atoms with Gasteiger partial charge < -0.3 is 4.90 Å². The molecular formula is C11H12ClN3S. The smallest absolute Gasteiger partial charge is 0.150 e. The Morgan fingerprint density at radius 2 is 2.44 bits per heavy atom. The van der Waals surface area contributed by atoms with E-state index in [1.54, 1.807) is 17.7 Å². The molecule has 0 saturated carbocycles. The van der Waals surface area contributed by atoms with Gasteiger partial charge in [-0.3, -0.25) is 0 Å². The number of thiophene rings is 1. The largest absolute Gasteiger partial charge is 0.351 e. The predicted molar refractivity (Wildman–Crippen MR) is 68.5 cm³/mol. The molecule has 0 aliphatic carbocycles. The van der Waals surface area contributed by atoms with E-state index in [1.165, 1.54) is 17.5 Å². The average Bonchev–Trinajstić information content (AvgIpc) is 2.96. The van der Waals surface area contributed by atoms with E-state index >= 15 is 0 Å². The molecule has 5 heteroatoms. The van der Waals surface area contributed by atoms with Crippen molar-refractivity contribution in [2.45, 2.75) is 18.9 Å². The summed E-state index contributed by atoms with van der Waals surface area (Å²) in [5.41, 5.74) is 1.04. The molecule has 2 aromatic heterocycles. The van der Waals surface area contributed by atoms with E-state index in [0.717, 1.165) is 17.9 Å². The van der Waals surface area contributed by atoms with E-state index in [1.807, 2.05) is 6.07 Å². The van der Waals surface area contributed by atoms with Crippen LogP contribution in [0.15, 0.2) is 17.8 Å². The van der Waals surface area contributed by atoms with Crippen molar-refractivity contribution in [2.75, 3.05) is 17.3 Å². The van der Waals surface area contributed by atoms with E-state index < -0.39 is 0 Å². The van der Waals surface area contributed by atoms with E-state index in [9.17, 15) is 0 Å². The predicted octanol–water partition coefficient (Wildman–Crippen LogP) is 2.90. The lowest BCUT2D eigenvalue weighted by Gasteiger charge is -2.24. The van der Waals surface area contributed by atoms with Crippen LogP contribution in [0.4, 0.5) is 5.82 Å². The van der Waals surface area contributed by atoms with Gasteiger partial charge in [-0.15, -0.1) is 22.9 Å². The summed E-state index contributed by atoms with van der Waals surface area (Å²) in [4.78, 5) is 11.0. The molecule has 1 unspecified atom stereocenters. The monoisotopic (exact) mass is 253 g/mol. The Labute approximate surface area is 103 Å². The molecule has 0 spiro atoms. The van der Waals surface area contributed by atoms with Crippen LogP contribution >= 0.6 is 22.9 Å². The van der Waals surface area contributed by atoms with Crippen molar-refractivity contribution in [3.05, 3.63) is 17.8 Å². The molecular weight excluding hydrogens is 242 g/mol. The number of fused-ring (bicyclic) bond motifs is 1. The highest BCUT2D eigenvalue weighted by Crippen LogP contribution is 2.32. The van der Waals surface area contributed by atoms with Crippen LogP contribution < -0.4 is 4.90 Å². The minimum absolute atomic E-state index is 0.432. The van der Waals surface area contributed by atoms with Gasteiger partial charge in [0.2, 0.25) is 0 Å². The van der Waals surface area contributed by atoms with Crippen LogP contribution in [0.1, 0.15) is 12.8 Å². The SMILES string of the molecule is ClCC1CCCN1c1ncnc2ccsc12. The summed E-state index contributed by atoms with van der Waals surface area (Å²) < 4.78 is 1.18. The Balaban J connectivity index is 2.07. The first-order chi connectivity index (χ1) is 7.90. The molecule has 1 aliphatic heterocycles. The first-order valence-corrected chi connectivity index (χ1v) is 6.82. The van der Waals surface area contributed by atoms with Crippen molar-refractivity contribution >= 4 is 39.0 Å². The van der Waals surface area contributed by atoms with Gasteiger partial charge in [0.05, 0.1) is 10.2 Å². The number of rotatable bonds is 2.